The number of carbonyl (C=O) groups excluding carboxylic acids is 1. The zero-order valence-corrected chi connectivity index (χ0v) is 12.3. The lowest BCUT2D eigenvalue weighted by molar-refractivity contribution is 0.0647. The number of benzene rings is 1. The predicted octanol–water partition coefficient (Wildman–Crippen LogP) is 3.46. The van der Waals surface area contributed by atoms with Crippen molar-refractivity contribution in [3.63, 3.8) is 0 Å². The molecule has 2 aromatic rings. The monoisotopic (exact) mass is 307 g/mol. The van der Waals surface area contributed by atoms with Crippen LogP contribution in [0.3, 0.4) is 0 Å². The van der Waals surface area contributed by atoms with Gasteiger partial charge in [-0.25, -0.2) is 4.79 Å². The lowest BCUT2D eigenvalue weighted by Gasteiger charge is -2.24. The molecule has 1 unspecified atom stereocenters. The van der Waals surface area contributed by atoms with Crippen molar-refractivity contribution in [2.45, 2.75) is 13.0 Å². The van der Waals surface area contributed by atoms with E-state index in [2.05, 4.69) is 0 Å². The van der Waals surface area contributed by atoms with Crippen LogP contribution in [0.15, 0.2) is 40.8 Å². The number of hydrogen-bond acceptors (Lipinski definition) is 3. The molecule has 0 bridgehead atoms. The Labute approximate surface area is 126 Å². The lowest BCUT2D eigenvalue weighted by Crippen LogP contribution is -2.29. The van der Waals surface area contributed by atoms with E-state index in [0.717, 1.165) is 5.56 Å². The molecule has 0 radical (unpaired) electrons. The fourth-order valence-corrected chi connectivity index (χ4v) is 2.01. The number of carboxylic acid groups (broad SMARTS) is 1. The molecule has 0 fully saturated rings. The molecule has 21 heavy (non-hydrogen) atoms. The van der Waals surface area contributed by atoms with Gasteiger partial charge in [0.25, 0.3) is 5.91 Å². The number of carbonyl (C=O) groups is 2. The van der Waals surface area contributed by atoms with Crippen LogP contribution in [0.25, 0.3) is 0 Å². The first-order valence-corrected chi connectivity index (χ1v) is 6.63. The number of nitrogens with zero attached hydrogens (tertiary/aromatic N) is 1. The molecule has 1 heterocycles. The summed E-state index contributed by atoms with van der Waals surface area (Å²) >= 11 is 5.84. The minimum Gasteiger partial charge on any atom is -0.475 e. The molecule has 0 aliphatic heterocycles. The van der Waals surface area contributed by atoms with Crippen molar-refractivity contribution in [1.82, 2.24) is 4.90 Å². The van der Waals surface area contributed by atoms with Gasteiger partial charge in [0.2, 0.25) is 5.76 Å². The first kappa shape index (κ1) is 15.1. The third-order valence-electron chi connectivity index (χ3n) is 3.28. The van der Waals surface area contributed by atoms with Gasteiger partial charge in [-0.1, -0.05) is 23.7 Å². The van der Waals surface area contributed by atoms with Crippen LogP contribution in [0.4, 0.5) is 0 Å². The van der Waals surface area contributed by atoms with Crippen molar-refractivity contribution < 1.29 is 19.1 Å². The number of furan rings is 1. The summed E-state index contributed by atoms with van der Waals surface area (Å²) in [7, 11) is 1.63. The Hall–Kier alpha value is -2.27. The van der Waals surface area contributed by atoms with Gasteiger partial charge in [0, 0.05) is 12.1 Å². The molecule has 0 saturated heterocycles. The van der Waals surface area contributed by atoms with Crippen molar-refractivity contribution in [3.8, 4) is 0 Å². The summed E-state index contributed by atoms with van der Waals surface area (Å²) in [4.78, 5) is 24.5. The van der Waals surface area contributed by atoms with Gasteiger partial charge in [-0.3, -0.25) is 4.79 Å². The van der Waals surface area contributed by atoms with Gasteiger partial charge < -0.3 is 14.4 Å². The van der Waals surface area contributed by atoms with Gasteiger partial charge in [0.05, 0.1) is 6.04 Å². The van der Waals surface area contributed by atoms with Crippen LogP contribution >= 0.6 is 11.6 Å². The van der Waals surface area contributed by atoms with E-state index in [1.807, 2.05) is 19.1 Å². The largest absolute Gasteiger partial charge is 0.475 e. The van der Waals surface area contributed by atoms with E-state index < -0.39 is 5.97 Å². The average molecular weight is 308 g/mol. The smallest absolute Gasteiger partial charge is 0.371 e. The molecular weight excluding hydrogens is 294 g/mol. The topological polar surface area (TPSA) is 70.8 Å². The quantitative estimate of drug-likeness (QED) is 0.939. The summed E-state index contributed by atoms with van der Waals surface area (Å²) in [6, 6.07) is 9.59. The summed E-state index contributed by atoms with van der Waals surface area (Å²) in [5, 5.41) is 9.42. The molecule has 0 saturated carbocycles. The van der Waals surface area contributed by atoms with Crippen molar-refractivity contribution in [2.24, 2.45) is 0 Å². The SMILES string of the molecule is CC(c1ccc(Cl)cc1)N(C)C(=O)c1ccc(C(=O)O)o1. The Morgan fingerprint density at radius 2 is 1.71 bits per heavy atom. The second-order valence-electron chi connectivity index (χ2n) is 4.61. The van der Waals surface area contributed by atoms with Gasteiger partial charge >= 0.3 is 5.97 Å². The maximum Gasteiger partial charge on any atom is 0.371 e. The highest BCUT2D eigenvalue weighted by atomic mass is 35.5. The Kier molecular flexibility index (Phi) is 4.33. The normalized spacial score (nSPS) is 12.0. The van der Waals surface area contributed by atoms with E-state index in [1.165, 1.54) is 17.0 Å². The van der Waals surface area contributed by atoms with Crippen LogP contribution in [0, 0.1) is 0 Å². The highest BCUT2D eigenvalue weighted by Crippen LogP contribution is 2.23. The molecule has 0 aliphatic carbocycles. The number of rotatable bonds is 4. The predicted molar refractivity (Wildman–Crippen MR) is 77.6 cm³/mol. The second kappa shape index (κ2) is 6.01. The number of hydrogen-bond donors (Lipinski definition) is 1. The van der Waals surface area contributed by atoms with Gasteiger partial charge in [0.1, 0.15) is 0 Å². The van der Waals surface area contributed by atoms with Crippen LogP contribution < -0.4 is 0 Å². The molecule has 1 N–H and O–H groups in total. The standard InChI is InChI=1S/C15H14ClNO4/c1-9(10-3-5-11(16)6-4-10)17(2)14(18)12-7-8-13(21-12)15(19)20/h3-9H,1-2H3,(H,19,20). The maximum atomic E-state index is 12.3. The molecule has 0 spiro atoms. The molecule has 0 aliphatic rings. The first-order valence-electron chi connectivity index (χ1n) is 6.26. The Bertz CT molecular complexity index is 663. The summed E-state index contributed by atoms with van der Waals surface area (Å²) in [5.74, 6) is -1.85. The van der Waals surface area contributed by atoms with Crippen molar-refractivity contribution in [3.05, 3.63) is 58.5 Å². The molecule has 1 aromatic carbocycles. The summed E-state index contributed by atoms with van der Waals surface area (Å²) in [5.41, 5.74) is 0.917. The first-order chi connectivity index (χ1) is 9.90. The van der Waals surface area contributed by atoms with E-state index in [-0.39, 0.29) is 23.5 Å². The number of carboxylic acids is 1. The van der Waals surface area contributed by atoms with E-state index in [9.17, 15) is 9.59 Å². The van der Waals surface area contributed by atoms with E-state index >= 15 is 0 Å². The number of aromatic carboxylic acids is 1. The lowest BCUT2D eigenvalue weighted by atomic mass is 10.1. The second-order valence-corrected chi connectivity index (χ2v) is 5.05. The highest BCUT2D eigenvalue weighted by molar-refractivity contribution is 6.30. The Morgan fingerprint density at radius 1 is 1.14 bits per heavy atom. The molecule has 2 rings (SSSR count). The molecule has 1 amide bonds. The summed E-state index contributed by atoms with van der Waals surface area (Å²) in [6.45, 7) is 1.86. The van der Waals surface area contributed by atoms with Crippen LogP contribution in [0.2, 0.25) is 5.02 Å². The Morgan fingerprint density at radius 3 is 2.24 bits per heavy atom. The van der Waals surface area contributed by atoms with Crippen molar-refractivity contribution in [2.75, 3.05) is 7.05 Å². The van der Waals surface area contributed by atoms with E-state index in [4.69, 9.17) is 21.1 Å². The van der Waals surface area contributed by atoms with Crippen LogP contribution in [0.1, 0.15) is 39.6 Å². The zero-order chi connectivity index (χ0) is 15.6. The third-order valence-corrected chi connectivity index (χ3v) is 3.53. The van der Waals surface area contributed by atoms with E-state index in [1.54, 1.807) is 19.2 Å². The summed E-state index contributed by atoms with van der Waals surface area (Å²) in [6.07, 6.45) is 0. The van der Waals surface area contributed by atoms with Gasteiger partial charge in [-0.2, -0.15) is 0 Å². The van der Waals surface area contributed by atoms with Gasteiger partial charge in [0.15, 0.2) is 5.76 Å². The average Bonchev–Trinajstić information content (AvgIpc) is 2.96. The third kappa shape index (κ3) is 3.25. The van der Waals surface area contributed by atoms with Crippen molar-refractivity contribution in [1.29, 1.82) is 0 Å². The van der Waals surface area contributed by atoms with Crippen LogP contribution in [-0.2, 0) is 0 Å². The highest BCUT2D eigenvalue weighted by Gasteiger charge is 2.22. The summed E-state index contributed by atoms with van der Waals surface area (Å²) < 4.78 is 5.02. The van der Waals surface area contributed by atoms with Crippen molar-refractivity contribution >= 4 is 23.5 Å². The number of halogens is 1. The van der Waals surface area contributed by atoms with E-state index in [0.29, 0.717) is 5.02 Å². The number of amides is 1. The molecule has 6 heteroatoms. The van der Waals surface area contributed by atoms with Crippen LogP contribution in [0.5, 0.6) is 0 Å². The van der Waals surface area contributed by atoms with Crippen LogP contribution in [-0.4, -0.2) is 28.9 Å². The fraction of sp³-hybridized carbons (Fsp3) is 0.200. The maximum absolute atomic E-state index is 12.3. The molecule has 1 aromatic heterocycles. The zero-order valence-electron chi connectivity index (χ0n) is 11.5. The minimum atomic E-state index is -1.21. The minimum absolute atomic E-state index is 0.00397. The molecular formula is C15H14ClNO4. The van der Waals surface area contributed by atoms with Gasteiger partial charge in [-0.05, 0) is 36.8 Å². The molecule has 110 valence electrons. The fourth-order valence-electron chi connectivity index (χ4n) is 1.88. The molecule has 1 atom stereocenters. The Balaban J connectivity index is 2.17. The van der Waals surface area contributed by atoms with Gasteiger partial charge in [-0.15, -0.1) is 0 Å². The molecule has 5 nitrogen and oxygen atoms in total.